The lowest BCUT2D eigenvalue weighted by Gasteiger charge is -2.29. The second-order valence-corrected chi connectivity index (χ2v) is 6.77. The first kappa shape index (κ1) is 16.2. The van der Waals surface area contributed by atoms with Gasteiger partial charge < -0.3 is 10.2 Å². The van der Waals surface area contributed by atoms with Gasteiger partial charge in [-0.2, -0.15) is 4.98 Å². The quantitative estimate of drug-likeness (QED) is 0.696. The van der Waals surface area contributed by atoms with Crippen LogP contribution in [0.3, 0.4) is 0 Å². The van der Waals surface area contributed by atoms with Crippen LogP contribution >= 0.6 is 23.2 Å². The topological polar surface area (TPSA) is 41.1 Å². The highest BCUT2D eigenvalue weighted by Crippen LogP contribution is 2.28. The molecule has 2 heterocycles. The first-order chi connectivity index (χ1) is 12.2. The van der Waals surface area contributed by atoms with Crippen molar-refractivity contribution in [3.63, 3.8) is 0 Å². The maximum Gasteiger partial charge on any atom is 0.229 e. The summed E-state index contributed by atoms with van der Waals surface area (Å²) in [5.41, 5.74) is 3.45. The van der Waals surface area contributed by atoms with Gasteiger partial charge >= 0.3 is 0 Å². The predicted molar refractivity (Wildman–Crippen MR) is 103 cm³/mol. The van der Waals surface area contributed by atoms with Gasteiger partial charge in [0.05, 0.1) is 10.7 Å². The van der Waals surface area contributed by atoms with Gasteiger partial charge in [0.2, 0.25) is 5.95 Å². The molecule has 0 fully saturated rings. The van der Waals surface area contributed by atoms with Gasteiger partial charge in [0.1, 0.15) is 5.82 Å². The molecular formula is C19H16Cl2N4. The molecule has 0 saturated carbocycles. The van der Waals surface area contributed by atoms with Crippen molar-refractivity contribution in [2.24, 2.45) is 0 Å². The van der Waals surface area contributed by atoms with E-state index < -0.39 is 0 Å². The Balaban J connectivity index is 1.57. The number of anilines is 3. The maximum absolute atomic E-state index is 6.20. The third-order valence-electron chi connectivity index (χ3n) is 4.27. The average Bonchev–Trinajstić information content (AvgIpc) is 2.64. The van der Waals surface area contributed by atoms with Crippen molar-refractivity contribution in [3.05, 3.63) is 75.9 Å². The van der Waals surface area contributed by atoms with Crippen molar-refractivity contribution in [1.29, 1.82) is 0 Å². The van der Waals surface area contributed by atoms with Gasteiger partial charge in [0.25, 0.3) is 0 Å². The normalized spacial score (nSPS) is 13.4. The highest BCUT2D eigenvalue weighted by Gasteiger charge is 2.17. The first-order valence-electron chi connectivity index (χ1n) is 8.06. The summed E-state index contributed by atoms with van der Waals surface area (Å²) < 4.78 is 0. The van der Waals surface area contributed by atoms with E-state index in [4.69, 9.17) is 23.2 Å². The highest BCUT2D eigenvalue weighted by atomic mass is 35.5. The van der Waals surface area contributed by atoms with Crippen molar-refractivity contribution in [3.8, 4) is 0 Å². The van der Waals surface area contributed by atoms with Crippen molar-refractivity contribution in [2.75, 3.05) is 16.8 Å². The monoisotopic (exact) mass is 370 g/mol. The molecule has 0 unspecified atom stereocenters. The van der Waals surface area contributed by atoms with Gasteiger partial charge in [-0.25, -0.2) is 4.98 Å². The number of nitrogens with zero attached hydrogens (tertiary/aromatic N) is 3. The first-order valence-corrected chi connectivity index (χ1v) is 8.81. The molecule has 25 heavy (non-hydrogen) atoms. The van der Waals surface area contributed by atoms with Crippen molar-refractivity contribution < 1.29 is 0 Å². The summed E-state index contributed by atoms with van der Waals surface area (Å²) in [4.78, 5) is 11.2. The van der Waals surface area contributed by atoms with Crippen LogP contribution in [0.15, 0.2) is 54.7 Å². The zero-order valence-electron chi connectivity index (χ0n) is 13.4. The third kappa shape index (κ3) is 3.55. The van der Waals surface area contributed by atoms with E-state index in [1.54, 1.807) is 24.4 Å². The molecule has 4 nitrogen and oxygen atoms in total. The van der Waals surface area contributed by atoms with Gasteiger partial charge in [0.15, 0.2) is 0 Å². The lowest BCUT2D eigenvalue weighted by atomic mass is 10.00. The molecule has 1 aliphatic rings. The van der Waals surface area contributed by atoms with Crippen LogP contribution in [-0.4, -0.2) is 16.5 Å². The minimum absolute atomic E-state index is 0.500. The van der Waals surface area contributed by atoms with Gasteiger partial charge in [-0.05, 0) is 41.8 Å². The van der Waals surface area contributed by atoms with Crippen molar-refractivity contribution >= 4 is 40.7 Å². The highest BCUT2D eigenvalue weighted by molar-refractivity contribution is 6.35. The molecule has 4 rings (SSSR count). The number of nitrogens with one attached hydrogen (secondary N) is 1. The molecule has 0 aliphatic carbocycles. The fraction of sp³-hybridized carbons (Fsp3) is 0.158. The van der Waals surface area contributed by atoms with E-state index in [0.717, 1.165) is 25.3 Å². The minimum atomic E-state index is 0.500. The number of hydrogen-bond donors (Lipinski definition) is 1. The molecule has 0 amide bonds. The lowest BCUT2D eigenvalue weighted by Crippen LogP contribution is -2.31. The van der Waals surface area contributed by atoms with E-state index >= 15 is 0 Å². The van der Waals surface area contributed by atoms with Crippen molar-refractivity contribution in [1.82, 2.24) is 9.97 Å². The summed E-state index contributed by atoms with van der Waals surface area (Å²) in [5, 5.41) is 4.33. The number of aromatic nitrogens is 2. The summed E-state index contributed by atoms with van der Waals surface area (Å²) >= 11 is 12.2. The van der Waals surface area contributed by atoms with Gasteiger partial charge in [-0.1, -0.05) is 47.5 Å². The largest absolute Gasteiger partial charge is 0.352 e. The van der Waals surface area contributed by atoms with E-state index in [9.17, 15) is 0 Å². The molecule has 1 aromatic heterocycles. The summed E-state index contributed by atoms with van der Waals surface area (Å²) in [6.07, 6.45) is 2.77. The minimum Gasteiger partial charge on any atom is -0.352 e. The van der Waals surface area contributed by atoms with Crippen LogP contribution in [0.1, 0.15) is 11.1 Å². The molecule has 0 spiro atoms. The fourth-order valence-electron chi connectivity index (χ4n) is 2.99. The molecule has 0 atom stereocenters. The molecule has 1 aliphatic heterocycles. The molecule has 3 aromatic rings. The van der Waals surface area contributed by atoms with Crippen LogP contribution in [0.4, 0.5) is 17.5 Å². The summed E-state index contributed by atoms with van der Waals surface area (Å²) in [6.45, 7) is 1.79. The Kier molecular flexibility index (Phi) is 4.47. The second kappa shape index (κ2) is 6.90. The Morgan fingerprint density at radius 1 is 1.00 bits per heavy atom. The average molecular weight is 371 g/mol. The van der Waals surface area contributed by atoms with Crippen molar-refractivity contribution in [2.45, 2.75) is 13.0 Å². The zero-order chi connectivity index (χ0) is 17.2. The Bertz CT molecular complexity index is 913. The zero-order valence-corrected chi connectivity index (χ0v) is 14.9. The maximum atomic E-state index is 6.20. The van der Waals surface area contributed by atoms with Gasteiger partial charge in [0, 0.05) is 24.3 Å². The van der Waals surface area contributed by atoms with Crippen LogP contribution in [0.2, 0.25) is 10.0 Å². The van der Waals surface area contributed by atoms with Crippen LogP contribution in [0.25, 0.3) is 0 Å². The Hall–Kier alpha value is -2.30. The summed E-state index contributed by atoms with van der Waals surface area (Å²) in [7, 11) is 0. The number of fused-ring (bicyclic) bond motifs is 1. The Morgan fingerprint density at radius 2 is 1.84 bits per heavy atom. The number of rotatable bonds is 3. The SMILES string of the molecule is Clc1ccc(Cl)c(Nc2nccc(N3CCc4ccccc4C3)n2)c1. The van der Waals surface area contributed by atoms with Crippen LogP contribution in [-0.2, 0) is 13.0 Å². The summed E-state index contributed by atoms with van der Waals surface area (Å²) in [6, 6.07) is 15.7. The molecule has 1 N–H and O–H groups in total. The predicted octanol–water partition coefficient (Wildman–Crippen LogP) is 5.09. The molecule has 2 aromatic carbocycles. The summed E-state index contributed by atoms with van der Waals surface area (Å²) in [5.74, 6) is 1.39. The molecule has 126 valence electrons. The standard InChI is InChI=1S/C19H16Cl2N4/c20-15-5-6-16(21)17(11-15)23-19-22-9-7-18(24-19)25-10-8-13-3-1-2-4-14(13)12-25/h1-7,9,11H,8,10,12H2,(H,22,23,24). The van der Waals surface area contributed by atoms with Crippen LogP contribution in [0.5, 0.6) is 0 Å². The molecule has 0 saturated heterocycles. The smallest absolute Gasteiger partial charge is 0.229 e. The Morgan fingerprint density at radius 3 is 2.72 bits per heavy atom. The number of benzene rings is 2. The number of hydrogen-bond acceptors (Lipinski definition) is 4. The van der Waals surface area contributed by atoms with Gasteiger partial charge in [-0.15, -0.1) is 0 Å². The third-order valence-corrected chi connectivity index (χ3v) is 4.84. The van der Waals surface area contributed by atoms with E-state index in [1.165, 1.54) is 11.1 Å². The van der Waals surface area contributed by atoms with Crippen LogP contribution < -0.4 is 10.2 Å². The molecule has 6 heteroatoms. The fourth-order valence-corrected chi connectivity index (χ4v) is 3.33. The number of halogens is 2. The van der Waals surface area contributed by atoms with E-state index in [1.807, 2.05) is 6.07 Å². The lowest BCUT2D eigenvalue weighted by molar-refractivity contribution is 0.720. The van der Waals surface area contributed by atoms with Gasteiger partial charge in [-0.3, -0.25) is 0 Å². The van der Waals surface area contributed by atoms with E-state index in [-0.39, 0.29) is 0 Å². The Labute approximate surface area is 156 Å². The molecule has 0 radical (unpaired) electrons. The molecular weight excluding hydrogens is 355 g/mol. The van der Waals surface area contributed by atoms with Crippen LogP contribution in [0, 0.1) is 0 Å². The molecule has 0 bridgehead atoms. The van der Waals surface area contributed by atoms with E-state index in [0.29, 0.717) is 21.7 Å². The van der Waals surface area contributed by atoms with E-state index in [2.05, 4.69) is 44.5 Å². The second-order valence-electron chi connectivity index (χ2n) is 5.93.